The molecule has 0 spiro atoms. The van der Waals surface area contributed by atoms with E-state index in [0.29, 0.717) is 32.0 Å². The van der Waals surface area contributed by atoms with Gasteiger partial charge in [-0.3, -0.25) is 9.59 Å². The average molecular weight is 410 g/mol. The van der Waals surface area contributed by atoms with Gasteiger partial charge < -0.3 is 9.80 Å². The van der Waals surface area contributed by atoms with Gasteiger partial charge in [-0.05, 0) is 49.9 Å². The predicted octanol–water partition coefficient (Wildman–Crippen LogP) is 4.74. The lowest BCUT2D eigenvalue weighted by molar-refractivity contribution is -0.138. The van der Waals surface area contributed by atoms with Gasteiger partial charge in [-0.15, -0.1) is 0 Å². The molecule has 4 nitrogen and oxygen atoms in total. The second-order valence-electron chi connectivity index (χ2n) is 8.24. The molecule has 0 radical (unpaired) electrons. The van der Waals surface area contributed by atoms with Gasteiger partial charge >= 0.3 is 6.18 Å². The molecule has 1 aromatic carbocycles. The molecule has 3 rings (SSSR count). The maximum Gasteiger partial charge on any atom is 0.416 e. The Hall–Kier alpha value is -2.05. The van der Waals surface area contributed by atoms with Gasteiger partial charge in [-0.1, -0.05) is 25.7 Å². The molecular formula is C22H29F3N2O2. The second-order valence-corrected chi connectivity index (χ2v) is 8.24. The summed E-state index contributed by atoms with van der Waals surface area (Å²) in [5.74, 6) is -0.194. The molecule has 0 N–H and O–H groups in total. The van der Waals surface area contributed by atoms with Gasteiger partial charge in [0.2, 0.25) is 5.91 Å². The lowest BCUT2D eigenvalue weighted by Gasteiger charge is -2.35. The van der Waals surface area contributed by atoms with Crippen molar-refractivity contribution in [2.75, 3.05) is 20.1 Å². The normalized spacial score (nSPS) is 19.7. The Kier molecular flexibility index (Phi) is 6.85. The van der Waals surface area contributed by atoms with Crippen LogP contribution in [-0.2, 0) is 11.0 Å². The minimum atomic E-state index is -4.41. The predicted molar refractivity (Wildman–Crippen MR) is 104 cm³/mol. The number of carbonyl (C=O) groups is 2. The summed E-state index contributed by atoms with van der Waals surface area (Å²) in [5, 5.41) is 0. The average Bonchev–Trinajstić information content (AvgIpc) is 3.01. The third-order valence-corrected chi connectivity index (χ3v) is 6.31. The highest BCUT2D eigenvalue weighted by Gasteiger charge is 2.33. The van der Waals surface area contributed by atoms with E-state index in [9.17, 15) is 22.8 Å². The molecule has 0 unspecified atom stereocenters. The first-order valence-corrected chi connectivity index (χ1v) is 10.5. The van der Waals surface area contributed by atoms with E-state index >= 15 is 0 Å². The minimum Gasteiger partial charge on any atom is -0.343 e. The van der Waals surface area contributed by atoms with Crippen LogP contribution >= 0.6 is 0 Å². The molecule has 7 heteroatoms. The number of piperidine rings is 1. The summed E-state index contributed by atoms with van der Waals surface area (Å²) in [6.07, 6.45) is 3.73. The largest absolute Gasteiger partial charge is 0.416 e. The molecule has 1 saturated heterocycles. The van der Waals surface area contributed by atoms with Crippen molar-refractivity contribution in [3.63, 3.8) is 0 Å². The third kappa shape index (κ3) is 5.31. The number of hydrogen-bond donors (Lipinski definition) is 0. The van der Waals surface area contributed by atoms with Gasteiger partial charge in [-0.25, -0.2) is 0 Å². The van der Waals surface area contributed by atoms with Crippen molar-refractivity contribution in [3.05, 3.63) is 35.4 Å². The van der Waals surface area contributed by atoms with Gasteiger partial charge in [0.1, 0.15) is 0 Å². The first kappa shape index (κ1) is 21.7. The first-order chi connectivity index (χ1) is 13.8. The van der Waals surface area contributed by atoms with E-state index in [0.717, 1.165) is 25.0 Å². The van der Waals surface area contributed by atoms with E-state index in [1.807, 2.05) is 11.9 Å². The highest BCUT2D eigenvalue weighted by Crippen LogP contribution is 2.30. The zero-order chi connectivity index (χ0) is 21.0. The fourth-order valence-electron chi connectivity index (χ4n) is 4.43. The maximum absolute atomic E-state index is 12.9. The fraction of sp³-hybridized carbons (Fsp3) is 0.636. The van der Waals surface area contributed by atoms with E-state index in [4.69, 9.17) is 0 Å². The van der Waals surface area contributed by atoms with Crippen molar-refractivity contribution in [2.45, 2.75) is 63.6 Å². The van der Waals surface area contributed by atoms with Crippen LogP contribution in [0, 0.1) is 5.92 Å². The van der Waals surface area contributed by atoms with Crippen molar-refractivity contribution in [3.8, 4) is 0 Å². The number of amides is 2. The zero-order valence-corrected chi connectivity index (χ0v) is 16.9. The molecular weight excluding hydrogens is 381 g/mol. The van der Waals surface area contributed by atoms with Crippen molar-refractivity contribution in [1.29, 1.82) is 0 Å². The number of rotatable bonds is 3. The van der Waals surface area contributed by atoms with Gasteiger partial charge in [0.15, 0.2) is 0 Å². The first-order valence-electron chi connectivity index (χ1n) is 10.5. The molecule has 2 aliphatic rings. The molecule has 1 heterocycles. The van der Waals surface area contributed by atoms with E-state index in [-0.39, 0.29) is 23.3 Å². The van der Waals surface area contributed by atoms with Crippen molar-refractivity contribution < 1.29 is 22.8 Å². The Balaban J connectivity index is 1.54. The van der Waals surface area contributed by atoms with Crippen LogP contribution in [0.5, 0.6) is 0 Å². The standard InChI is InChI=1S/C22H29F3N2O2/c1-26(19-6-4-2-3-5-7-19)20(28)17-12-14-27(15-13-17)21(29)16-8-10-18(11-9-16)22(23,24)25/h8-11,17,19H,2-7,12-15H2,1H3. The van der Waals surface area contributed by atoms with Crippen LogP contribution in [0.1, 0.15) is 67.3 Å². The molecule has 1 aliphatic heterocycles. The number of carbonyl (C=O) groups excluding carboxylic acids is 2. The number of halogens is 3. The number of benzene rings is 1. The Morgan fingerprint density at radius 3 is 2.00 bits per heavy atom. The molecule has 29 heavy (non-hydrogen) atoms. The summed E-state index contributed by atoms with van der Waals surface area (Å²) in [6.45, 7) is 0.906. The molecule has 2 fully saturated rings. The van der Waals surface area contributed by atoms with Gasteiger partial charge in [0.25, 0.3) is 5.91 Å². The molecule has 0 atom stereocenters. The third-order valence-electron chi connectivity index (χ3n) is 6.31. The Bertz CT molecular complexity index is 702. The van der Waals surface area contributed by atoms with E-state index < -0.39 is 11.7 Å². The monoisotopic (exact) mass is 410 g/mol. The van der Waals surface area contributed by atoms with Crippen LogP contribution in [0.3, 0.4) is 0 Å². The Morgan fingerprint density at radius 1 is 0.931 bits per heavy atom. The lowest BCUT2D eigenvalue weighted by atomic mass is 9.93. The van der Waals surface area contributed by atoms with E-state index in [1.165, 1.54) is 37.8 Å². The molecule has 1 aromatic rings. The molecule has 0 bridgehead atoms. The van der Waals surface area contributed by atoms with Crippen LogP contribution in [0.25, 0.3) is 0 Å². The molecule has 0 aromatic heterocycles. The van der Waals surface area contributed by atoms with Gasteiger partial charge in [0, 0.05) is 37.7 Å². The van der Waals surface area contributed by atoms with Crippen LogP contribution in [0.4, 0.5) is 13.2 Å². The lowest BCUT2D eigenvalue weighted by Crippen LogP contribution is -2.46. The summed E-state index contributed by atoms with van der Waals surface area (Å²) in [5.41, 5.74) is -0.516. The quantitative estimate of drug-likeness (QED) is 0.676. The fourth-order valence-corrected chi connectivity index (χ4v) is 4.43. The number of alkyl halides is 3. The maximum atomic E-state index is 12.9. The summed E-state index contributed by atoms with van der Waals surface area (Å²) in [7, 11) is 1.90. The van der Waals surface area contributed by atoms with E-state index in [2.05, 4.69) is 0 Å². The van der Waals surface area contributed by atoms with Gasteiger partial charge in [0.05, 0.1) is 5.56 Å². The highest BCUT2D eigenvalue weighted by atomic mass is 19.4. The number of nitrogens with zero attached hydrogens (tertiary/aromatic N) is 2. The molecule has 160 valence electrons. The molecule has 2 amide bonds. The Labute approximate surface area is 170 Å². The summed E-state index contributed by atoms with van der Waals surface area (Å²) >= 11 is 0. The van der Waals surface area contributed by atoms with Gasteiger partial charge in [-0.2, -0.15) is 13.2 Å². The summed E-state index contributed by atoms with van der Waals surface area (Å²) in [6, 6.07) is 4.64. The zero-order valence-electron chi connectivity index (χ0n) is 16.9. The number of likely N-dealkylation sites (tertiary alicyclic amines) is 1. The second kappa shape index (κ2) is 9.18. The van der Waals surface area contributed by atoms with Crippen LogP contribution < -0.4 is 0 Å². The van der Waals surface area contributed by atoms with E-state index in [1.54, 1.807) is 4.90 Å². The minimum absolute atomic E-state index is 0.0834. The Morgan fingerprint density at radius 2 is 1.48 bits per heavy atom. The van der Waals surface area contributed by atoms with Crippen LogP contribution in [0.2, 0.25) is 0 Å². The summed E-state index contributed by atoms with van der Waals surface area (Å²) < 4.78 is 38.1. The van der Waals surface area contributed by atoms with Crippen molar-refractivity contribution in [2.24, 2.45) is 5.92 Å². The van der Waals surface area contributed by atoms with Crippen LogP contribution in [0.15, 0.2) is 24.3 Å². The number of hydrogen-bond acceptors (Lipinski definition) is 2. The SMILES string of the molecule is CN(C(=O)C1CCN(C(=O)c2ccc(C(F)(F)F)cc2)CC1)C1CCCCCC1. The summed E-state index contributed by atoms with van der Waals surface area (Å²) in [4.78, 5) is 29.1. The molecule has 1 saturated carbocycles. The van der Waals surface area contributed by atoms with Crippen molar-refractivity contribution >= 4 is 11.8 Å². The van der Waals surface area contributed by atoms with Crippen LogP contribution in [-0.4, -0.2) is 47.8 Å². The van der Waals surface area contributed by atoms with Crippen molar-refractivity contribution in [1.82, 2.24) is 9.80 Å². The smallest absolute Gasteiger partial charge is 0.343 e. The molecule has 1 aliphatic carbocycles. The topological polar surface area (TPSA) is 40.6 Å². The highest BCUT2D eigenvalue weighted by molar-refractivity contribution is 5.94.